The molecule has 2 fully saturated rings. The molecular weight excluding hydrogens is 454 g/mol. The molecule has 0 radical (unpaired) electrons. The smallest absolute Gasteiger partial charge is 0.294 e. The van der Waals surface area contributed by atoms with Gasteiger partial charge in [-0.2, -0.15) is 8.42 Å². The number of rotatable bonds is 3. The third-order valence-corrected chi connectivity index (χ3v) is 7.88. The Kier molecular flexibility index (Phi) is 4.92. The largest absolute Gasteiger partial charge is 0.344 e. The zero-order chi connectivity index (χ0) is 23.0. The SMILES string of the molecule is Cc1ccc(S(=O)(=O)O)c(C)c1[C@H]1C[C@@H](n2ccc3c(Cl)ncnc32)[C@@H]2OC(C)(C)O[C@@H]21. The molecule has 10 heteroatoms. The predicted molar refractivity (Wildman–Crippen MR) is 118 cm³/mol. The topological polar surface area (TPSA) is 104 Å². The van der Waals surface area contributed by atoms with Crippen molar-refractivity contribution in [2.24, 2.45) is 0 Å². The molecule has 170 valence electrons. The molecule has 3 aromatic rings. The number of nitrogens with zero attached hydrogens (tertiary/aromatic N) is 3. The van der Waals surface area contributed by atoms with E-state index in [9.17, 15) is 13.0 Å². The van der Waals surface area contributed by atoms with Crippen LogP contribution in [0.3, 0.4) is 0 Å². The highest BCUT2D eigenvalue weighted by molar-refractivity contribution is 7.85. The number of halogens is 1. The lowest BCUT2D eigenvalue weighted by Gasteiger charge is -2.26. The standard InChI is InChI=1S/C22H24ClN3O5S/c1-11-5-6-16(32(27,28)29)12(2)17(11)14-9-15(19-18(14)30-22(3,4)31-19)26-8-7-13-20(23)24-10-25-21(13)26/h5-8,10,14-15,18-19H,9H2,1-4H3,(H,27,28,29)/t14-,15-,18-,19+/m1/s1. The maximum atomic E-state index is 12.0. The molecule has 3 heterocycles. The van der Waals surface area contributed by atoms with Crippen molar-refractivity contribution in [2.75, 3.05) is 0 Å². The first kappa shape index (κ1) is 21.8. The van der Waals surface area contributed by atoms with Crippen LogP contribution in [0.25, 0.3) is 11.0 Å². The molecule has 1 saturated carbocycles. The Hall–Kier alpha value is -2.04. The van der Waals surface area contributed by atoms with Gasteiger partial charge in [0.05, 0.1) is 22.4 Å². The molecule has 4 atom stereocenters. The van der Waals surface area contributed by atoms with E-state index in [1.54, 1.807) is 13.0 Å². The molecular formula is C22H24ClN3O5S. The summed E-state index contributed by atoms with van der Waals surface area (Å²) in [6.45, 7) is 7.42. The van der Waals surface area contributed by atoms with Gasteiger partial charge in [0.1, 0.15) is 23.2 Å². The summed E-state index contributed by atoms with van der Waals surface area (Å²) < 4.78 is 48.4. The maximum Gasteiger partial charge on any atom is 0.294 e. The summed E-state index contributed by atoms with van der Waals surface area (Å²) in [5, 5.41) is 1.14. The van der Waals surface area contributed by atoms with E-state index < -0.39 is 15.9 Å². The second-order valence-corrected chi connectivity index (χ2v) is 10.7. The molecule has 0 bridgehead atoms. The highest BCUT2D eigenvalue weighted by Gasteiger charge is 2.55. The van der Waals surface area contributed by atoms with Crippen molar-refractivity contribution in [3.63, 3.8) is 0 Å². The molecule has 8 nitrogen and oxygen atoms in total. The number of ether oxygens (including phenoxy) is 2. The first-order chi connectivity index (χ1) is 15.0. The summed E-state index contributed by atoms with van der Waals surface area (Å²) in [5.41, 5.74) is 3.05. The van der Waals surface area contributed by atoms with E-state index in [0.717, 1.165) is 16.5 Å². The van der Waals surface area contributed by atoms with Crippen LogP contribution in [0.1, 0.15) is 48.9 Å². The maximum absolute atomic E-state index is 12.0. The van der Waals surface area contributed by atoms with E-state index in [0.29, 0.717) is 22.8 Å². The van der Waals surface area contributed by atoms with Gasteiger partial charge in [0, 0.05) is 12.1 Å². The van der Waals surface area contributed by atoms with Crippen molar-refractivity contribution >= 4 is 32.8 Å². The van der Waals surface area contributed by atoms with Crippen LogP contribution in [0.5, 0.6) is 0 Å². The van der Waals surface area contributed by atoms with Crippen molar-refractivity contribution in [1.82, 2.24) is 14.5 Å². The van der Waals surface area contributed by atoms with E-state index in [1.165, 1.54) is 12.4 Å². The van der Waals surface area contributed by atoms with Gasteiger partial charge in [-0.05, 0) is 62.9 Å². The van der Waals surface area contributed by atoms with E-state index in [1.807, 2.05) is 37.6 Å². The highest BCUT2D eigenvalue weighted by Crippen LogP contribution is 2.53. The summed E-state index contributed by atoms with van der Waals surface area (Å²) in [4.78, 5) is 8.41. The van der Waals surface area contributed by atoms with Crippen molar-refractivity contribution in [3.05, 3.63) is 52.6 Å². The Labute approximate surface area is 191 Å². The number of aryl methyl sites for hydroxylation is 1. The van der Waals surface area contributed by atoms with Crippen LogP contribution < -0.4 is 0 Å². The number of fused-ring (bicyclic) bond motifs is 2. The van der Waals surface area contributed by atoms with Gasteiger partial charge in [-0.1, -0.05) is 17.7 Å². The highest BCUT2D eigenvalue weighted by atomic mass is 35.5. The van der Waals surface area contributed by atoms with Crippen LogP contribution in [0.15, 0.2) is 35.6 Å². The number of hydrogen-bond acceptors (Lipinski definition) is 6. The number of benzene rings is 1. The van der Waals surface area contributed by atoms with Crippen LogP contribution in [0, 0.1) is 13.8 Å². The zero-order valence-corrected chi connectivity index (χ0v) is 19.7. The quantitative estimate of drug-likeness (QED) is 0.445. The lowest BCUT2D eigenvalue weighted by atomic mass is 9.88. The Morgan fingerprint density at radius 3 is 2.59 bits per heavy atom. The lowest BCUT2D eigenvalue weighted by Crippen LogP contribution is -2.27. The first-order valence-corrected chi connectivity index (χ1v) is 12.2. The van der Waals surface area contributed by atoms with Crippen LogP contribution in [0.4, 0.5) is 0 Å². The second kappa shape index (κ2) is 7.23. The van der Waals surface area contributed by atoms with Gasteiger partial charge in [0.2, 0.25) is 0 Å². The van der Waals surface area contributed by atoms with Gasteiger partial charge in [-0.15, -0.1) is 0 Å². The van der Waals surface area contributed by atoms with E-state index >= 15 is 0 Å². The van der Waals surface area contributed by atoms with Crippen molar-refractivity contribution in [3.8, 4) is 0 Å². The normalized spacial score (nSPS) is 27.2. The Bertz CT molecular complexity index is 1340. The predicted octanol–water partition coefficient (Wildman–Crippen LogP) is 4.20. The lowest BCUT2D eigenvalue weighted by molar-refractivity contribution is -0.157. The molecule has 1 saturated heterocycles. The molecule has 5 rings (SSSR count). The molecule has 1 N–H and O–H groups in total. The molecule has 0 unspecified atom stereocenters. The molecule has 0 spiro atoms. The zero-order valence-electron chi connectivity index (χ0n) is 18.1. The molecule has 2 aliphatic rings. The Morgan fingerprint density at radius 1 is 1.16 bits per heavy atom. The van der Waals surface area contributed by atoms with Gasteiger partial charge in [-0.25, -0.2) is 9.97 Å². The summed E-state index contributed by atoms with van der Waals surface area (Å²) in [6.07, 6.45) is 3.45. The average Bonchev–Trinajstić information content (AvgIpc) is 3.33. The number of aromatic nitrogens is 3. The molecule has 1 aliphatic heterocycles. The molecule has 1 aromatic carbocycles. The summed E-state index contributed by atoms with van der Waals surface area (Å²) in [5.74, 6) is -0.923. The summed E-state index contributed by atoms with van der Waals surface area (Å²) in [6, 6.07) is 4.95. The van der Waals surface area contributed by atoms with Crippen LogP contribution in [0.2, 0.25) is 5.15 Å². The third kappa shape index (κ3) is 3.34. The fourth-order valence-electron chi connectivity index (χ4n) is 5.41. The van der Waals surface area contributed by atoms with Crippen molar-refractivity contribution in [2.45, 2.75) is 69.0 Å². The van der Waals surface area contributed by atoms with Crippen molar-refractivity contribution < 1.29 is 22.4 Å². The minimum atomic E-state index is -4.35. The molecule has 32 heavy (non-hydrogen) atoms. The number of hydrogen-bond donors (Lipinski definition) is 1. The average molecular weight is 478 g/mol. The fraction of sp³-hybridized carbons (Fsp3) is 0.455. The Balaban J connectivity index is 1.65. The van der Waals surface area contributed by atoms with Gasteiger partial charge in [0.15, 0.2) is 5.79 Å². The van der Waals surface area contributed by atoms with Crippen LogP contribution in [-0.2, 0) is 19.6 Å². The minimum absolute atomic E-state index is 0.0813. The summed E-state index contributed by atoms with van der Waals surface area (Å²) in [7, 11) is -4.35. The van der Waals surface area contributed by atoms with Gasteiger partial charge in [-0.3, -0.25) is 4.55 Å². The van der Waals surface area contributed by atoms with Gasteiger partial charge < -0.3 is 14.0 Å². The van der Waals surface area contributed by atoms with Crippen LogP contribution >= 0.6 is 11.6 Å². The van der Waals surface area contributed by atoms with Gasteiger partial charge in [0.25, 0.3) is 10.1 Å². The van der Waals surface area contributed by atoms with E-state index in [2.05, 4.69) is 9.97 Å². The van der Waals surface area contributed by atoms with E-state index in [-0.39, 0.29) is 29.1 Å². The minimum Gasteiger partial charge on any atom is -0.344 e. The van der Waals surface area contributed by atoms with Gasteiger partial charge >= 0.3 is 0 Å². The molecule has 1 aliphatic carbocycles. The Morgan fingerprint density at radius 2 is 1.88 bits per heavy atom. The summed E-state index contributed by atoms with van der Waals surface area (Å²) >= 11 is 6.26. The fourth-order valence-corrected chi connectivity index (χ4v) is 6.34. The molecule has 0 amide bonds. The molecule has 2 aromatic heterocycles. The van der Waals surface area contributed by atoms with Crippen molar-refractivity contribution in [1.29, 1.82) is 0 Å². The van der Waals surface area contributed by atoms with E-state index in [4.69, 9.17) is 21.1 Å². The monoisotopic (exact) mass is 477 g/mol. The second-order valence-electron chi connectivity index (χ2n) is 8.99. The van der Waals surface area contributed by atoms with Crippen LogP contribution in [-0.4, -0.2) is 45.5 Å². The third-order valence-electron chi connectivity index (χ3n) is 6.58. The first-order valence-electron chi connectivity index (χ1n) is 10.4.